The van der Waals surface area contributed by atoms with Crippen LogP contribution in [0, 0.1) is 0 Å². The number of carboxylic acid groups (broad SMARTS) is 1. The molecule has 0 bridgehead atoms. The maximum absolute atomic E-state index is 10.7. The van der Waals surface area contributed by atoms with Crippen molar-refractivity contribution in [3.05, 3.63) is 0 Å². The van der Waals surface area contributed by atoms with E-state index in [1.54, 1.807) is 0 Å². The molecule has 0 aromatic heterocycles. The van der Waals surface area contributed by atoms with E-state index in [-0.39, 0.29) is 12.5 Å². The Morgan fingerprint density at radius 3 is 2.60 bits per heavy atom. The van der Waals surface area contributed by atoms with Gasteiger partial charge in [-0.15, -0.1) is 0 Å². The van der Waals surface area contributed by atoms with Gasteiger partial charge in [0.25, 0.3) is 0 Å². The quantitative estimate of drug-likeness (QED) is 0.691. The van der Waals surface area contributed by atoms with Crippen LogP contribution >= 0.6 is 0 Å². The van der Waals surface area contributed by atoms with Gasteiger partial charge in [0.15, 0.2) is 0 Å². The summed E-state index contributed by atoms with van der Waals surface area (Å²) in [6, 6.07) is 0. The zero-order valence-corrected chi connectivity index (χ0v) is 8.70. The first-order chi connectivity index (χ1) is 7.20. The van der Waals surface area contributed by atoms with Crippen molar-refractivity contribution in [1.82, 2.24) is 5.32 Å². The average Bonchev–Trinajstić information content (AvgIpc) is 2.15. The van der Waals surface area contributed by atoms with Crippen LogP contribution in [-0.4, -0.2) is 49.1 Å². The number of ether oxygens (including phenoxy) is 2. The summed E-state index contributed by atoms with van der Waals surface area (Å²) in [6.45, 7) is 2.75. The molecule has 2 N–H and O–H groups in total. The van der Waals surface area contributed by atoms with Crippen molar-refractivity contribution in [1.29, 1.82) is 0 Å². The number of carbonyl (C=O) groups is 1. The SMILES string of the molecule is O=C(O)CC1(OC2CCOCC2)CNC1. The molecule has 0 aromatic carbocycles. The lowest BCUT2D eigenvalue weighted by molar-refractivity contribution is -0.168. The van der Waals surface area contributed by atoms with Crippen molar-refractivity contribution in [2.24, 2.45) is 0 Å². The molecule has 0 atom stereocenters. The minimum absolute atomic E-state index is 0.0946. The summed E-state index contributed by atoms with van der Waals surface area (Å²) in [4.78, 5) is 10.7. The summed E-state index contributed by atoms with van der Waals surface area (Å²) in [5.41, 5.74) is -0.464. The molecule has 0 aromatic rings. The van der Waals surface area contributed by atoms with Crippen molar-refractivity contribution in [2.75, 3.05) is 26.3 Å². The molecule has 2 rings (SSSR count). The molecule has 0 spiro atoms. The first-order valence-corrected chi connectivity index (χ1v) is 5.38. The molecule has 2 saturated heterocycles. The second-order valence-electron chi connectivity index (χ2n) is 4.29. The Bertz CT molecular complexity index is 234. The van der Waals surface area contributed by atoms with Crippen molar-refractivity contribution < 1.29 is 19.4 Å². The maximum atomic E-state index is 10.7. The van der Waals surface area contributed by atoms with Gasteiger partial charge in [-0.2, -0.15) is 0 Å². The van der Waals surface area contributed by atoms with Gasteiger partial charge in [0, 0.05) is 26.3 Å². The largest absolute Gasteiger partial charge is 0.481 e. The summed E-state index contributed by atoms with van der Waals surface area (Å²) in [5, 5.41) is 11.9. The van der Waals surface area contributed by atoms with E-state index >= 15 is 0 Å². The summed E-state index contributed by atoms with van der Waals surface area (Å²) in [7, 11) is 0. The summed E-state index contributed by atoms with van der Waals surface area (Å²) in [5.74, 6) is -0.788. The van der Waals surface area contributed by atoms with Crippen LogP contribution < -0.4 is 5.32 Å². The van der Waals surface area contributed by atoms with Gasteiger partial charge in [0.1, 0.15) is 5.60 Å². The molecule has 5 nitrogen and oxygen atoms in total. The van der Waals surface area contributed by atoms with E-state index in [2.05, 4.69) is 5.32 Å². The van der Waals surface area contributed by atoms with Gasteiger partial charge in [0.2, 0.25) is 0 Å². The van der Waals surface area contributed by atoms with Crippen LogP contribution in [0.25, 0.3) is 0 Å². The third-order valence-corrected chi connectivity index (χ3v) is 2.95. The van der Waals surface area contributed by atoms with Gasteiger partial charge in [-0.1, -0.05) is 0 Å². The van der Waals surface area contributed by atoms with Crippen molar-refractivity contribution in [3.8, 4) is 0 Å². The van der Waals surface area contributed by atoms with E-state index in [1.807, 2.05) is 0 Å². The highest BCUT2D eigenvalue weighted by Crippen LogP contribution is 2.26. The third-order valence-electron chi connectivity index (χ3n) is 2.95. The standard InChI is InChI=1S/C10H17NO4/c12-9(13)5-10(6-11-7-10)15-8-1-3-14-4-2-8/h8,11H,1-7H2,(H,12,13). The van der Waals surface area contributed by atoms with E-state index in [0.717, 1.165) is 26.1 Å². The number of hydrogen-bond acceptors (Lipinski definition) is 4. The molecule has 2 fully saturated rings. The molecule has 0 radical (unpaired) electrons. The molecule has 15 heavy (non-hydrogen) atoms. The van der Waals surface area contributed by atoms with E-state index in [9.17, 15) is 4.79 Å². The highest BCUT2D eigenvalue weighted by molar-refractivity contribution is 5.68. The van der Waals surface area contributed by atoms with E-state index in [1.165, 1.54) is 0 Å². The highest BCUT2D eigenvalue weighted by Gasteiger charge is 2.42. The highest BCUT2D eigenvalue weighted by atomic mass is 16.5. The molecular formula is C10H17NO4. The fraction of sp³-hybridized carbons (Fsp3) is 0.900. The van der Waals surface area contributed by atoms with Crippen molar-refractivity contribution in [3.63, 3.8) is 0 Å². The molecule has 5 heteroatoms. The van der Waals surface area contributed by atoms with Gasteiger partial charge in [-0.05, 0) is 12.8 Å². The Morgan fingerprint density at radius 2 is 2.13 bits per heavy atom. The molecular weight excluding hydrogens is 198 g/mol. The number of nitrogens with one attached hydrogen (secondary N) is 1. The van der Waals surface area contributed by atoms with Crippen LogP contribution in [0.4, 0.5) is 0 Å². The van der Waals surface area contributed by atoms with Crippen LogP contribution in [0.1, 0.15) is 19.3 Å². The monoisotopic (exact) mass is 215 g/mol. The van der Waals surface area contributed by atoms with E-state index in [4.69, 9.17) is 14.6 Å². The fourth-order valence-corrected chi connectivity index (χ4v) is 2.08. The lowest BCUT2D eigenvalue weighted by Gasteiger charge is -2.44. The average molecular weight is 215 g/mol. The lowest BCUT2D eigenvalue weighted by Crippen LogP contribution is -2.63. The predicted molar refractivity (Wildman–Crippen MR) is 52.8 cm³/mol. The first-order valence-electron chi connectivity index (χ1n) is 5.38. The Morgan fingerprint density at radius 1 is 1.47 bits per heavy atom. The Hall–Kier alpha value is -0.650. The van der Waals surface area contributed by atoms with Gasteiger partial charge in [-0.3, -0.25) is 4.79 Å². The minimum atomic E-state index is -0.788. The van der Waals surface area contributed by atoms with Crippen molar-refractivity contribution in [2.45, 2.75) is 31.0 Å². The maximum Gasteiger partial charge on any atom is 0.306 e. The van der Waals surface area contributed by atoms with E-state index in [0.29, 0.717) is 13.1 Å². The molecule has 0 saturated carbocycles. The van der Waals surface area contributed by atoms with Crippen LogP contribution in [0.3, 0.4) is 0 Å². The molecule has 86 valence electrons. The van der Waals surface area contributed by atoms with Crippen LogP contribution in [0.15, 0.2) is 0 Å². The lowest BCUT2D eigenvalue weighted by atomic mass is 9.92. The summed E-state index contributed by atoms with van der Waals surface area (Å²) in [6.07, 6.45) is 2.01. The van der Waals surface area contributed by atoms with Crippen LogP contribution in [0.5, 0.6) is 0 Å². The van der Waals surface area contributed by atoms with E-state index < -0.39 is 11.6 Å². The first kappa shape index (κ1) is 10.9. The number of rotatable bonds is 4. The normalized spacial score (nSPS) is 25.9. The number of aliphatic carboxylic acids is 1. The fourth-order valence-electron chi connectivity index (χ4n) is 2.08. The number of hydrogen-bond donors (Lipinski definition) is 2. The predicted octanol–water partition coefficient (Wildman–Crippen LogP) is -0.00130. The molecule has 2 aliphatic heterocycles. The summed E-state index contributed by atoms with van der Waals surface area (Å²) < 4.78 is 11.1. The van der Waals surface area contributed by atoms with Gasteiger partial charge in [0.05, 0.1) is 12.5 Å². The van der Waals surface area contributed by atoms with Crippen LogP contribution in [0.2, 0.25) is 0 Å². The molecule has 0 amide bonds. The molecule has 0 aliphatic carbocycles. The van der Waals surface area contributed by atoms with Gasteiger partial charge < -0.3 is 19.9 Å². The Kier molecular flexibility index (Phi) is 3.23. The van der Waals surface area contributed by atoms with Crippen LogP contribution in [-0.2, 0) is 14.3 Å². The zero-order valence-electron chi connectivity index (χ0n) is 8.70. The third kappa shape index (κ3) is 2.68. The Labute approximate surface area is 88.7 Å². The zero-order chi connectivity index (χ0) is 10.7. The second-order valence-corrected chi connectivity index (χ2v) is 4.29. The van der Waals surface area contributed by atoms with Gasteiger partial charge >= 0.3 is 5.97 Å². The van der Waals surface area contributed by atoms with Crippen molar-refractivity contribution >= 4 is 5.97 Å². The second kappa shape index (κ2) is 4.47. The topological polar surface area (TPSA) is 67.8 Å². The smallest absolute Gasteiger partial charge is 0.306 e. The molecule has 2 aliphatic rings. The molecule has 0 unspecified atom stereocenters. The van der Waals surface area contributed by atoms with Gasteiger partial charge in [-0.25, -0.2) is 0 Å². The summed E-state index contributed by atoms with van der Waals surface area (Å²) >= 11 is 0. The molecule has 2 heterocycles. The Balaban J connectivity index is 1.86. The number of carboxylic acids is 1. The minimum Gasteiger partial charge on any atom is -0.481 e.